The Morgan fingerprint density at radius 2 is 2.18 bits per heavy atom. The Morgan fingerprint density at radius 3 is 2.76 bits per heavy atom. The van der Waals surface area contributed by atoms with Gasteiger partial charge in [-0.15, -0.1) is 0 Å². The van der Waals surface area contributed by atoms with E-state index in [-0.39, 0.29) is 31.3 Å². The third-order valence-electron chi connectivity index (χ3n) is 1.83. The zero-order valence-corrected chi connectivity index (χ0v) is 10.2. The molecule has 1 amide bonds. The van der Waals surface area contributed by atoms with Crippen LogP contribution in [0.5, 0.6) is 0 Å². The van der Waals surface area contributed by atoms with E-state index in [1.807, 2.05) is 0 Å². The van der Waals surface area contributed by atoms with E-state index in [1.54, 1.807) is 16.8 Å². The van der Waals surface area contributed by atoms with Crippen molar-refractivity contribution in [3.8, 4) is 0 Å². The van der Waals surface area contributed by atoms with Gasteiger partial charge in [-0.1, -0.05) is 0 Å². The molecule has 0 bridgehead atoms. The average molecular weight is 255 g/mol. The number of nitrogens with one attached hydrogen (secondary N) is 1. The van der Waals surface area contributed by atoms with Gasteiger partial charge in [0.15, 0.2) is 5.78 Å². The third kappa shape index (κ3) is 5.26. The summed E-state index contributed by atoms with van der Waals surface area (Å²) in [6.45, 7) is 1.33. The minimum Gasteiger partial charge on any atom is -0.458 e. The summed E-state index contributed by atoms with van der Waals surface area (Å²) in [5.41, 5.74) is 0.576. The van der Waals surface area contributed by atoms with Crippen molar-refractivity contribution in [2.45, 2.75) is 13.3 Å². The summed E-state index contributed by atoms with van der Waals surface area (Å²) in [6.07, 6.45) is 0.0587. The molecule has 0 unspecified atom stereocenters. The molecule has 6 heteroatoms. The molecule has 0 aliphatic carbocycles. The molecule has 0 saturated heterocycles. The fourth-order valence-corrected chi connectivity index (χ4v) is 1.66. The van der Waals surface area contributed by atoms with E-state index < -0.39 is 5.97 Å². The van der Waals surface area contributed by atoms with Crippen LogP contribution in [0.4, 0.5) is 0 Å². The van der Waals surface area contributed by atoms with Gasteiger partial charge in [-0.2, -0.15) is 11.3 Å². The van der Waals surface area contributed by atoms with Gasteiger partial charge in [-0.25, -0.2) is 0 Å². The van der Waals surface area contributed by atoms with Crippen molar-refractivity contribution in [2.24, 2.45) is 0 Å². The van der Waals surface area contributed by atoms with E-state index in [9.17, 15) is 14.4 Å². The molecule has 5 nitrogen and oxygen atoms in total. The summed E-state index contributed by atoms with van der Waals surface area (Å²) >= 11 is 1.43. The molecule has 0 aromatic carbocycles. The number of amides is 1. The highest BCUT2D eigenvalue weighted by molar-refractivity contribution is 7.08. The number of carbonyl (C=O) groups is 3. The molecule has 0 spiro atoms. The van der Waals surface area contributed by atoms with E-state index in [1.165, 1.54) is 18.3 Å². The molecule has 0 aliphatic rings. The lowest BCUT2D eigenvalue weighted by molar-refractivity contribution is -0.147. The molecule has 1 aromatic heterocycles. The highest BCUT2D eigenvalue weighted by Gasteiger charge is 2.07. The third-order valence-corrected chi connectivity index (χ3v) is 2.52. The molecule has 92 valence electrons. The van der Waals surface area contributed by atoms with Gasteiger partial charge >= 0.3 is 5.97 Å². The minimum absolute atomic E-state index is 0.0587. The van der Waals surface area contributed by atoms with Gasteiger partial charge in [0.25, 0.3) is 5.91 Å². The summed E-state index contributed by atoms with van der Waals surface area (Å²) < 4.78 is 4.64. The first-order valence-electron chi connectivity index (χ1n) is 5.05. The van der Waals surface area contributed by atoms with Gasteiger partial charge in [0, 0.05) is 17.5 Å². The molecular formula is C11H13NO4S. The Kier molecular flexibility index (Phi) is 5.35. The summed E-state index contributed by atoms with van der Waals surface area (Å²) in [5, 5.41) is 6.11. The van der Waals surface area contributed by atoms with Crippen LogP contribution in [-0.2, 0) is 14.3 Å². The zero-order chi connectivity index (χ0) is 12.7. The largest absolute Gasteiger partial charge is 0.458 e. The maximum atomic E-state index is 11.4. The van der Waals surface area contributed by atoms with Gasteiger partial charge in [0.2, 0.25) is 0 Å². The predicted octanol–water partition coefficient (Wildman–Crippen LogP) is 1.00. The van der Waals surface area contributed by atoms with Crippen LogP contribution in [0, 0.1) is 0 Å². The van der Waals surface area contributed by atoms with Crippen molar-refractivity contribution in [1.82, 2.24) is 5.32 Å². The van der Waals surface area contributed by atoms with Crippen molar-refractivity contribution in [1.29, 1.82) is 0 Å². The summed E-state index contributed by atoms with van der Waals surface area (Å²) in [5.74, 6) is -0.919. The number of rotatable bonds is 6. The van der Waals surface area contributed by atoms with Crippen molar-refractivity contribution in [3.63, 3.8) is 0 Å². The molecule has 1 N–H and O–H groups in total. The fraction of sp³-hybridized carbons (Fsp3) is 0.364. The highest BCUT2D eigenvalue weighted by Crippen LogP contribution is 2.05. The van der Waals surface area contributed by atoms with Crippen LogP contribution in [0.25, 0.3) is 0 Å². The van der Waals surface area contributed by atoms with E-state index in [0.29, 0.717) is 5.56 Å². The number of hydrogen-bond donors (Lipinski definition) is 1. The van der Waals surface area contributed by atoms with Gasteiger partial charge in [0.05, 0.1) is 6.42 Å². The van der Waals surface area contributed by atoms with Crippen LogP contribution in [0.1, 0.15) is 23.7 Å². The van der Waals surface area contributed by atoms with Crippen LogP contribution in [0.2, 0.25) is 0 Å². The summed E-state index contributed by atoms with van der Waals surface area (Å²) in [4.78, 5) is 33.1. The second-order valence-electron chi connectivity index (χ2n) is 3.38. The van der Waals surface area contributed by atoms with Crippen LogP contribution in [0.15, 0.2) is 16.8 Å². The molecule has 1 aromatic rings. The van der Waals surface area contributed by atoms with Gasteiger partial charge in [-0.05, 0) is 18.4 Å². The molecule has 0 radical (unpaired) electrons. The Morgan fingerprint density at radius 1 is 1.41 bits per heavy atom. The summed E-state index contributed by atoms with van der Waals surface area (Å²) in [6, 6.07) is 1.70. The maximum absolute atomic E-state index is 11.4. The van der Waals surface area contributed by atoms with Crippen LogP contribution < -0.4 is 5.32 Å². The van der Waals surface area contributed by atoms with E-state index in [0.717, 1.165) is 0 Å². The smallest absolute Gasteiger partial charge is 0.308 e. The normalized spacial score (nSPS) is 9.71. The number of hydrogen-bond acceptors (Lipinski definition) is 5. The van der Waals surface area contributed by atoms with E-state index in [2.05, 4.69) is 10.1 Å². The standard InChI is InChI=1S/C11H13NO4S/c1-8(13)6-16-10(14)2-4-12-11(15)9-3-5-17-7-9/h3,5,7H,2,4,6H2,1H3,(H,12,15). The molecule has 1 rings (SSSR count). The van der Waals surface area contributed by atoms with Gasteiger partial charge in [-0.3, -0.25) is 14.4 Å². The number of ketones is 1. The van der Waals surface area contributed by atoms with E-state index in [4.69, 9.17) is 0 Å². The number of Topliss-reactive ketones (excluding diaryl/α,β-unsaturated/α-hetero) is 1. The second kappa shape index (κ2) is 6.80. The maximum Gasteiger partial charge on any atom is 0.308 e. The number of thiophene rings is 1. The monoisotopic (exact) mass is 255 g/mol. The zero-order valence-electron chi connectivity index (χ0n) is 9.39. The second-order valence-corrected chi connectivity index (χ2v) is 4.16. The van der Waals surface area contributed by atoms with Gasteiger partial charge in [0.1, 0.15) is 6.61 Å². The number of esters is 1. The lowest BCUT2D eigenvalue weighted by Crippen LogP contribution is -2.26. The first kappa shape index (κ1) is 13.4. The van der Waals surface area contributed by atoms with Gasteiger partial charge < -0.3 is 10.1 Å². The topological polar surface area (TPSA) is 72.5 Å². The average Bonchev–Trinajstić information content (AvgIpc) is 2.79. The van der Waals surface area contributed by atoms with Crippen molar-refractivity contribution >= 4 is 29.0 Å². The molecule has 0 atom stereocenters. The molecular weight excluding hydrogens is 242 g/mol. The molecule has 0 aliphatic heterocycles. The number of ether oxygens (including phenoxy) is 1. The molecule has 1 heterocycles. The molecule has 0 fully saturated rings. The van der Waals surface area contributed by atoms with Crippen LogP contribution >= 0.6 is 11.3 Å². The molecule has 0 saturated carbocycles. The Labute approximate surface area is 103 Å². The highest BCUT2D eigenvalue weighted by atomic mass is 32.1. The van der Waals surface area contributed by atoms with Crippen LogP contribution in [0.3, 0.4) is 0 Å². The Bertz CT molecular complexity index is 400. The predicted molar refractivity (Wildman–Crippen MR) is 62.9 cm³/mol. The number of carbonyl (C=O) groups excluding carboxylic acids is 3. The van der Waals surface area contributed by atoms with Crippen LogP contribution in [-0.4, -0.2) is 30.8 Å². The quantitative estimate of drug-likeness (QED) is 0.770. The minimum atomic E-state index is -0.495. The van der Waals surface area contributed by atoms with Crippen molar-refractivity contribution in [2.75, 3.05) is 13.2 Å². The first-order valence-corrected chi connectivity index (χ1v) is 5.99. The Hall–Kier alpha value is -1.69. The van der Waals surface area contributed by atoms with Crippen molar-refractivity contribution < 1.29 is 19.1 Å². The summed E-state index contributed by atoms with van der Waals surface area (Å²) in [7, 11) is 0. The molecule has 17 heavy (non-hydrogen) atoms. The lowest BCUT2D eigenvalue weighted by atomic mass is 10.3. The van der Waals surface area contributed by atoms with Crippen molar-refractivity contribution in [3.05, 3.63) is 22.4 Å². The Balaban J connectivity index is 2.17. The fourth-order valence-electron chi connectivity index (χ4n) is 1.03. The van der Waals surface area contributed by atoms with E-state index >= 15 is 0 Å². The SMILES string of the molecule is CC(=O)COC(=O)CCNC(=O)c1ccsc1. The lowest BCUT2D eigenvalue weighted by Gasteiger charge is -2.04. The first-order chi connectivity index (χ1) is 8.09.